The van der Waals surface area contributed by atoms with Crippen LogP contribution in [0.3, 0.4) is 0 Å². The fraction of sp³-hybridized carbons (Fsp3) is 0.190. The normalized spacial score (nSPS) is 11.0. The molecule has 2 aromatic carbocycles. The summed E-state index contributed by atoms with van der Waals surface area (Å²) in [5.74, 6) is 0.487. The Kier molecular flexibility index (Phi) is 5.53. The summed E-state index contributed by atoms with van der Waals surface area (Å²) in [4.78, 5) is 12.6. The lowest BCUT2D eigenvalue weighted by Crippen LogP contribution is -2.20. The third-order valence-electron chi connectivity index (χ3n) is 4.74. The van der Waals surface area contributed by atoms with E-state index in [0.29, 0.717) is 23.7 Å². The van der Waals surface area contributed by atoms with E-state index < -0.39 is 0 Å². The molecule has 0 aliphatic carbocycles. The lowest BCUT2D eigenvalue weighted by atomic mass is 10.2. The molecule has 152 valence electrons. The maximum atomic E-state index is 12.6. The minimum absolute atomic E-state index is 0.0163. The van der Waals surface area contributed by atoms with Gasteiger partial charge < -0.3 is 5.32 Å². The number of hydrogen-bond donors (Lipinski definition) is 1. The molecule has 0 saturated heterocycles. The molecule has 0 aliphatic heterocycles. The van der Waals surface area contributed by atoms with Crippen LogP contribution in [0, 0.1) is 11.7 Å². The zero-order valence-corrected chi connectivity index (χ0v) is 17.3. The van der Waals surface area contributed by atoms with E-state index in [1.165, 1.54) is 4.68 Å². The van der Waals surface area contributed by atoms with Crippen molar-refractivity contribution in [3.05, 3.63) is 77.3 Å². The van der Waals surface area contributed by atoms with E-state index in [-0.39, 0.29) is 12.5 Å². The van der Waals surface area contributed by atoms with Crippen molar-refractivity contribution in [3.63, 3.8) is 0 Å². The van der Waals surface area contributed by atoms with Gasteiger partial charge in [-0.1, -0.05) is 41.6 Å². The third kappa shape index (κ3) is 3.92. The second-order valence-electron chi connectivity index (χ2n) is 6.85. The van der Waals surface area contributed by atoms with Crippen LogP contribution in [-0.4, -0.2) is 35.2 Å². The van der Waals surface area contributed by atoms with Gasteiger partial charge in [0.25, 0.3) is 0 Å². The van der Waals surface area contributed by atoms with E-state index in [0.717, 1.165) is 22.3 Å². The van der Waals surface area contributed by atoms with Crippen LogP contribution in [0.25, 0.3) is 11.0 Å². The van der Waals surface area contributed by atoms with Crippen LogP contribution < -0.4 is 5.32 Å². The maximum Gasteiger partial charge on any atom is 0.246 e. The first-order valence-corrected chi connectivity index (χ1v) is 9.89. The van der Waals surface area contributed by atoms with Crippen molar-refractivity contribution < 1.29 is 4.79 Å². The highest BCUT2D eigenvalue weighted by atomic mass is 32.1. The summed E-state index contributed by atoms with van der Waals surface area (Å²) < 4.78 is 5.60. The van der Waals surface area contributed by atoms with Gasteiger partial charge in [0.15, 0.2) is 10.6 Å². The molecule has 2 aromatic heterocycles. The Morgan fingerprint density at radius 1 is 1.17 bits per heavy atom. The third-order valence-corrected chi connectivity index (χ3v) is 5.17. The van der Waals surface area contributed by atoms with E-state index in [9.17, 15) is 4.79 Å². The minimum Gasteiger partial charge on any atom is -0.324 e. The molecule has 0 saturated carbocycles. The van der Waals surface area contributed by atoms with Crippen molar-refractivity contribution in [3.8, 4) is 0 Å². The molecule has 8 nitrogen and oxygen atoms in total. The number of benzene rings is 2. The first kappa shape index (κ1) is 19.7. The average molecular weight is 420 g/mol. The molecule has 1 amide bonds. The SMILES string of the molecule is C=CCn1c(Cn2nnc3ccccc32)nn(CC(=O)Nc2ccccc2C)c1=S. The Morgan fingerprint density at radius 3 is 2.73 bits per heavy atom. The molecule has 0 aliphatic rings. The number of aromatic nitrogens is 6. The number of para-hydroxylation sites is 2. The number of carbonyl (C=O) groups excluding carboxylic acids is 1. The molecule has 0 unspecified atom stereocenters. The largest absolute Gasteiger partial charge is 0.324 e. The molecule has 0 spiro atoms. The van der Waals surface area contributed by atoms with Crippen molar-refractivity contribution in [1.82, 2.24) is 29.3 Å². The number of nitrogens with one attached hydrogen (secondary N) is 1. The van der Waals surface area contributed by atoms with Crippen LogP contribution in [0.2, 0.25) is 0 Å². The average Bonchev–Trinajstić information content (AvgIpc) is 3.27. The topological polar surface area (TPSA) is 82.6 Å². The van der Waals surface area contributed by atoms with Gasteiger partial charge in [-0.25, -0.2) is 9.36 Å². The summed E-state index contributed by atoms with van der Waals surface area (Å²) in [7, 11) is 0. The minimum atomic E-state index is -0.193. The second-order valence-corrected chi connectivity index (χ2v) is 7.22. The maximum absolute atomic E-state index is 12.6. The van der Waals surface area contributed by atoms with Crippen molar-refractivity contribution >= 4 is 34.8 Å². The highest BCUT2D eigenvalue weighted by Crippen LogP contribution is 2.14. The summed E-state index contributed by atoms with van der Waals surface area (Å²) in [6.07, 6.45) is 1.75. The smallest absolute Gasteiger partial charge is 0.246 e. The first-order valence-electron chi connectivity index (χ1n) is 9.48. The monoisotopic (exact) mass is 419 g/mol. The van der Waals surface area contributed by atoms with Gasteiger partial charge >= 0.3 is 0 Å². The number of nitrogens with zero attached hydrogens (tertiary/aromatic N) is 6. The number of amides is 1. The number of anilines is 1. The molecule has 0 radical (unpaired) electrons. The molecule has 1 N–H and O–H groups in total. The van der Waals surface area contributed by atoms with Crippen molar-refractivity contribution in [2.45, 2.75) is 26.6 Å². The number of hydrogen-bond acceptors (Lipinski definition) is 5. The first-order chi connectivity index (χ1) is 14.6. The predicted molar refractivity (Wildman–Crippen MR) is 118 cm³/mol. The number of allylic oxidation sites excluding steroid dienone is 1. The van der Waals surface area contributed by atoms with Gasteiger partial charge in [-0.05, 0) is 42.9 Å². The highest BCUT2D eigenvalue weighted by molar-refractivity contribution is 7.71. The highest BCUT2D eigenvalue weighted by Gasteiger charge is 2.15. The van der Waals surface area contributed by atoms with Crippen molar-refractivity contribution in [2.24, 2.45) is 0 Å². The summed E-state index contributed by atoms with van der Waals surface area (Å²) in [6.45, 7) is 6.63. The summed E-state index contributed by atoms with van der Waals surface area (Å²) in [5, 5.41) is 15.9. The molecule has 0 atom stereocenters. The van der Waals surface area contributed by atoms with Gasteiger partial charge in [-0.15, -0.1) is 11.7 Å². The van der Waals surface area contributed by atoms with E-state index in [1.54, 1.807) is 10.8 Å². The number of carbonyl (C=O) groups is 1. The molecule has 9 heteroatoms. The quantitative estimate of drug-likeness (QED) is 0.367. The van der Waals surface area contributed by atoms with Crippen LogP contribution in [0.5, 0.6) is 0 Å². The molecule has 2 heterocycles. The summed E-state index contributed by atoms with van der Waals surface area (Å²) >= 11 is 5.57. The Hall–Kier alpha value is -3.59. The van der Waals surface area contributed by atoms with Gasteiger partial charge in [0.1, 0.15) is 18.6 Å². The fourth-order valence-corrected chi connectivity index (χ4v) is 3.51. The fourth-order valence-electron chi connectivity index (χ4n) is 3.23. The van der Waals surface area contributed by atoms with Gasteiger partial charge in [0.05, 0.1) is 5.52 Å². The second kappa shape index (κ2) is 8.42. The Bertz CT molecular complexity index is 1280. The molecule has 30 heavy (non-hydrogen) atoms. The van der Waals surface area contributed by atoms with E-state index in [1.807, 2.05) is 60.0 Å². The van der Waals surface area contributed by atoms with Crippen LogP contribution in [-0.2, 0) is 24.4 Å². The van der Waals surface area contributed by atoms with Gasteiger partial charge in [-0.3, -0.25) is 9.36 Å². The van der Waals surface area contributed by atoms with Gasteiger partial charge in [0, 0.05) is 12.2 Å². The van der Waals surface area contributed by atoms with E-state index in [2.05, 4.69) is 27.3 Å². The molecule has 4 rings (SSSR count). The van der Waals surface area contributed by atoms with Crippen LogP contribution in [0.1, 0.15) is 11.4 Å². The number of rotatable bonds is 7. The zero-order valence-electron chi connectivity index (χ0n) is 16.5. The summed E-state index contributed by atoms with van der Waals surface area (Å²) in [5.41, 5.74) is 3.48. The standard InChI is InChI=1S/C21H21N7OS/c1-3-12-26-19(13-27-18-11-7-6-10-17(18)23-25-27)24-28(21(26)30)14-20(29)22-16-9-5-4-8-15(16)2/h3-11H,1,12-14H2,2H3,(H,22,29). The van der Waals surface area contributed by atoms with Gasteiger partial charge in [0.2, 0.25) is 5.91 Å². The van der Waals surface area contributed by atoms with Crippen molar-refractivity contribution in [1.29, 1.82) is 0 Å². The summed E-state index contributed by atoms with van der Waals surface area (Å²) in [6, 6.07) is 15.3. The number of fused-ring (bicyclic) bond motifs is 1. The van der Waals surface area contributed by atoms with Crippen LogP contribution in [0.15, 0.2) is 61.2 Å². The predicted octanol–water partition coefficient (Wildman–Crippen LogP) is 3.34. The molecular formula is C21H21N7OS. The molecular weight excluding hydrogens is 398 g/mol. The Morgan fingerprint density at radius 2 is 1.93 bits per heavy atom. The Balaban J connectivity index is 1.60. The number of aryl methyl sites for hydroxylation is 1. The van der Waals surface area contributed by atoms with Gasteiger partial charge in [-0.2, -0.15) is 5.10 Å². The molecule has 0 bridgehead atoms. The van der Waals surface area contributed by atoms with E-state index >= 15 is 0 Å². The molecule has 4 aromatic rings. The lowest BCUT2D eigenvalue weighted by molar-refractivity contribution is -0.116. The van der Waals surface area contributed by atoms with Crippen LogP contribution >= 0.6 is 12.2 Å². The lowest BCUT2D eigenvalue weighted by Gasteiger charge is -2.07. The molecule has 0 fully saturated rings. The Labute approximate surface area is 178 Å². The van der Waals surface area contributed by atoms with E-state index in [4.69, 9.17) is 12.2 Å². The van der Waals surface area contributed by atoms with Crippen LogP contribution in [0.4, 0.5) is 5.69 Å². The zero-order chi connectivity index (χ0) is 21.1. The van der Waals surface area contributed by atoms with Crippen molar-refractivity contribution in [2.75, 3.05) is 5.32 Å².